The highest BCUT2D eigenvalue weighted by molar-refractivity contribution is 7.89. The van der Waals surface area contributed by atoms with Gasteiger partial charge < -0.3 is 4.74 Å². The van der Waals surface area contributed by atoms with E-state index in [1.807, 2.05) is 0 Å². The molecule has 0 fully saturated rings. The molecule has 0 saturated carbocycles. The Labute approximate surface area is 125 Å². The number of hydrogen-bond acceptors (Lipinski definition) is 4. The number of sulfonamides is 1. The minimum Gasteiger partial charge on any atom is -0.447 e. The molecule has 0 heterocycles. The predicted octanol–water partition coefficient (Wildman–Crippen LogP) is 2.72. The maximum Gasteiger partial charge on any atom is 0.411 e. The molecule has 118 valence electrons. The number of rotatable bonds is 4. The summed E-state index contributed by atoms with van der Waals surface area (Å²) in [6.45, 7) is 8.73. The molecule has 0 saturated heterocycles. The third-order valence-corrected chi connectivity index (χ3v) is 3.93. The van der Waals surface area contributed by atoms with E-state index < -0.39 is 21.7 Å². The third kappa shape index (κ3) is 6.14. The van der Waals surface area contributed by atoms with Crippen LogP contribution in [-0.2, 0) is 14.8 Å². The van der Waals surface area contributed by atoms with Gasteiger partial charge in [0.2, 0.25) is 10.0 Å². The molecule has 0 bridgehead atoms. The highest BCUT2D eigenvalue weighted by Gasteiger charge is 2.22. The van der Waals surface area contributed by atoms with Crippen molar-refractivity contribution >= 4 is 21.8 Å². The van der Waals surface area contributed by atoms with Gasteiger partial charge in [0.15, 0.2) is 0 Å². The van der Waals surface area contributed by atoms with Crippen LogP contribution in [0.5, 0.6) is 0 Å². The number of carbonyl (C=O) groups excluding carboxylic acids is 1. The summed E-state index contributed by atoms with van der Waals surface area (Å²) in [4.78, 5) is 11.6. The Hall–Kier alpha value is -1.60. The van der Waals surface area contributed by atoms with Crippen molar-refractivity contribution in [2.75, 3.05) is 5.32 Å². The average Bonchev–Trinajstić information content (AvgIpc) is 2.24. The van der Waals surface area contributed by atoms with E-state index in [2.05, 4.69) is 10.0 Å². The number of amides is 1. The molecular formula is C14H22N2O4S. The Morgan fingerprint density at radius 3 is 2.38 bits per heavy atom. The zero-order chi connectivity index (χ0) is 16.3. The van der Waals surface area contributed by atoms with Crippen molar-refractivity contribution in [3.8, 4) is 0 Å². The summed E-state index contributed by atoms with van der Waals surface area (Å²) < 4.78 is 31.9. The van der Waals surface area contributed by atoms with Crippen molar-refractivity contribution in [1.82, 2.24) is 4.72 Å². The molecule has 1 rings (SSSR count). The Morgan fingerprint density at radius 1 is 1.24 bits per heavy atom. The van der Waals surface area contributed by atoms with Crippen molar-refractivity contribution in [1.29, 1.82) is 0 Å². The van der Waals surface area contributed by atoms with Gasteiger partial charge in [0.1, 0.15) is 0 Å². The Bertz CT molecular complexity index is 604. The van der Waals surface area contributed by atoms with Crippen molar-refractivity contribution in [2.24, 2.45) is 0 Å². The monoisotopic (exact) mass is 314 g/mol. The van der Waals surface area contributed by atoms with Crippen molar-refractivity contribution in [3.05, 3.63) is 24.3 Å². The van der Waals surface area contributed by atoms with E-state index in [0.717, 1.165) is 0 Å². The molecule has 2 N–H and O–H groups in total. The van der Waals surface area contributed by atoms with Crippen molar-refractivity contribution < 1.29 is 17.9 Å². The predicted molar refractivity (Wildman–Crippen MR) is 81.8 cm³/mol. The van der Waals surface area contributed by atoms with Crippen molar-refractivity contribution in [3.63, 3.8) is 0 Å². The summed E-state index contributed by atoms with van der Waals surface area (Å²) in [6, 6.07) is 6.00. The minimum atomic E-state index is -3.64. The summed E-state index contributed by atoms with van der Waals surface area (Å²) in [5.74, 6) is 0. The van der Waals surface area contributed by atoms with Gasteiger partial charge in [-0.25, -0.2) is 17.9 Å². The third-order valence-electron chi connectivity index (χ3n) is 2.17. The molecule has 0 spiro atoms. The number of ether oxygens (including phenoxy) is 1. The van der Waals surface area contributed by atoms with Gasteiger partial charge in [-0.05, 0) is 52.8 Å². The molecule has 1 aromatic carbocycles. The fourth-order valence-corrected chi connectivity index (χ4v) is 3.03. The highest BCUT2D eigenvalue weighted by Crippen LogP contribution is 2.17. The maximum atomic E-state index is 12.2. The lowest BCUT2D eigenvalue weighted by Crippen LogP contribution is -2.40. The Morgan fingerprint density at radius 2 is 1.86 bits per heavy atom. The summed E-state index contributed by atoms with van der Waals surface area (Å²) in [7, 11) is -3.64. The van der Waals surface area contributed by atoms with Crippen LogP contribution < -0.4 is 10.0 Å². The van der Waals surface area contributed by atoms with E-state index in [1.54, 1.807) is 46.8 Å². The van der Waals surface area contributed by atoms with Gasteiger partial charge in [0.05, 0.1) is 11.0 Å². The van der Waals surface area contributed by atoms with Gasteiger partial charge in [-0.2, -0.15) is 0 Å². The lowest BCUT2D eigenvalue weighted by Gasteiger charge is -2.20. The first-order valence-electron chi connectivity index (χ1n) is 6.61. The second-order valence-electron chi connectivity index (χ2n) is 5.96. The van der Waals surface area contributed by atoms with Gasteiger partial charge in [-0.15, -0.1) is 0 Å². The van der Waals surface area contributed by atoms with Crippen LogP contribution in [0.3, 0.4) is 0 Å². The fourth-order valence-electron chi connectivity index (χ4n) is 1.56. The molecule has 0 aliphatic carbocycles. The first-order chi connectivity index (χ1) is 9.49. The molecule has 0 unspecified atom stereocenters. The average molecular weight is 314 g/mol. The first-order valence-corrected chi connectivity index (χ1v) is 8.09. The second-order valence-corrected chi connectivity index (χ2v) is 7.64. The summed E-state index contributed by atoms with van der Waals surface area (Å²) in [6.07, 6.45) is -0.872. The topological polar surface area (TPSA) is 84.5 Å². The number of carbonyl (C=O) groups is 1. The van der Waals surface area contributed by atoms with Crippen LogP contribution in [0.15, 0.2) is 29.2 Å². The Kier molecular flexibility index (Phi) is 5.36. The Balaban J connectivity index is 2.93. The van der Waals surface area contributed by atoms with Gasteiger partial charge in [-0.3, -0.25) is 5.32 Å². The number of nitrogens with one attached hydrogen (secondary N) is 2. The smallest absolute Gasteiger partial charge is 0.411 e. The van der Waals surface area contributed by atoms with Gasteiger partial charge >= 0.3 is 6.09 Å². The van der Waals surface area contributed by atoms with Crippen LogP contribution in [0.25, 0.3) is 0 Å². The molecule has 0 aromatic heterocycles. The number of hydrogen-bond donors (Lipinski definition) is 2. The zero-order valence-electron chi connectivity index (χ0n) is 12.9. The SMILES string of the molecule is CC(C)OC(=O)Nc1cccc(S(=O)(=O)NC(C)(C)C)c1. The lowest BCUT2D eigenvalue weighted by molar-refractivity contribution is 0.130. The molecule has 0 aliphatic heterocycles. The van der Waals surface area contributed by atoms with Crippen LogP contribution in [0.4, 0.5) is 10.5 Å². The second kappa shape index (κ2) is 6.44. The van der Waals surface area contributed by atoms with Crippen molar-refractivity contribution in [2.45, 2.75) is 51.2 Å². The van der Waals surface area contributed by atoms with Crippen LogP contribution in [0.1, 0.15) is 34.6 Å². The van der Waals surface area contributed by atoms with Gasteiger partial charge in [-0.1, -0.05) is 6.07 Å². The molecule has 1 aromatic rings. The molecule has 0 aliphatic rings. The fraction of sp³-hybridized carbons (Fsp3) is 0.500. The summed E-state index contributed by atoms with van der Waals surface area (Å²) in [5.41, 5.74) is -0.226. The van der Waals surface area contributed by atoms with E-state index in [-0.39, 0.29) is 11.0 Å². The standard InChI is InChI=1S/C14H22N2O4S/c1-10(2)20-13(17)15-11-7-6-8-12(9-11)21(18,19)16-14(3,4)5/h6-10,16H,1-5H3,(H,15,17). The highest BCUT2D eigenvalue weighted by atomic mass is 32.2. The van der Waals surface area contributed by atoms with Crippen LogP contribution >= 0.6 is 0 Å². The molecule has 21 heavy (non-hydrogen) atoms. The summed E-state index contributed by atoms with van der Waals surface area (Å²) >= 11 is 0. The molecule has 0 radical (unpaired) electrons. The van der Waals surface area contributed by atoms with Crippen LogP contribution in [-0.4, -0.2) is 26.2 Å². The van der Waals surface area contributed by atoms with Gasteiger partial charge in [0.25, 0.3) is 0 Å². The van der Waals surface area contributed by atoms with E-state index in [0.29, 0.717) is 5.69 Å². The number of anilines is 1. The maximum absolute atomic E-state index is 12.2. The quantitative estimate of drug-likeness (QED) is 0.895. The first kappa shape index (κ1) is 17.5. The lowest BCUT2D eigenvalue weighted by atomic mass is 10.1. The van der Waals surface area contributed by atoms with E-state index in [4.69, 9.17) is 4.74 Å². The molecular weight excluding hydrogens is 292 g/mol. The number of benzene rings is 1. The van der Waals surface area contributed by atoms with E-state index in [9.17, 15) is 13.2 Å². The normalized spacial score (nSPS) is 12.3. The zero-order valence-corrected chi connectivity index (χ0v) is 13.7. The molecule has 6 nitrogen and oxygen atoms in total. The van der Waals surface area contributed by atoms with Gasteiger partial charge in [0, 0.05) is 11.2 Å². The minimum absolute atomic E-state index is 0.0831. The largest absolute Gasteiger partial charge is 0.447 e. The van der Waals surface area contributed by atoms with Crippen LogP contribution in [0, 0.1) is 0 Å². The molecule has 7 heteroatoms. The molecule has 0 atom stereocenters. The van der Waals surface area contributed by atoms with Crippen LogP contribution in [0.2, 0.25) is 0 Å². The summed E-state index contributed by atoms with van der Waals surface area (Å²) in [5, 5.41) is 2.50. The van der Waals surface area contributed by atoms with E-state index in [1.165, 1.54) is 12.1 Å². The van der Waals surface area contributed by atoms with E-state index >= 15 is 0 Å². The molecule has 1 amide bonds.